The summed E-state index contributed by atoms with van der Waals surface area (Å²) in [5.41, 5.74) is 0.948. The van der Waals surface area contributed by atoms with E-state index in [2.05, 4.69) is 11.2 Å². The Balaban J connectivity index is 2.74. The van der Waals surface area contributed by atoms with Gasteiger partial charge in [0.1, 0.15) is 11.4 Å². The highest BCUT2D eigenvalue weighted by molar-refractivity contribution is 5.68. The molecule has 1 aromatic carbocycles. The van der Waals surface area contributed by atoms with Gasteiger partial charge in [-0.05, 0) is 26.8 Å². The zero-order chi connectivity index (χ0) is 14.5. The maximum atomic E-state index is 11.6. The second-order valence-corrected chi connectivity index (χ2v) is 5.00. The summed E-state index contributed by atoms with van der Waals surface area (Å²) in [4.78, 5) is 11.6. The summed E-state index contributed by atoms with van der Waals surface area (Å²) in [5, 5.41) is 2.67. The summed E-state index contributed by atoms with van der Waals surface area (Å²) >= 11 is 0. The van der Waals surface area contributed by atoms with E-state index >= 15 is 0 Å². The number of carbonyl (C=O) groups is 1. The Morgan fingerprint density at radius 2 is 2.11 bits per heavy atom. The third-order valence-electron chi connectivity index (χ3n) is 2.28. The van der Waals surface area contributed by atoms with Crippen LogP contribution in [0.1, 0.15) is 31.9 Å². The van der Waals surface area contributed by atoms with Crippen molar-refractivity contribution in [1.29, 1.82) is 0 Å². The van der Waals surface area contributed by atoms with E-state index in [1.165, 1.54) is 0 Å². The van der Waals surface area contributed by atoms with Crippen molar-refractivity contribution in [3.05, 3.63) is 29.3 Å². The number of hydrogen-bond acceptors (Lipinski definition) is 3. The molecule has 0 spiro atoms. The molecule has 102 valence electrons. The summed E-state index contributed by atoms with van der Waals surface area (Å²) in [5.74, 6) is 3.14. The van der Waals surface area contributed by atoms with E-state index in [1.807, 2.05) is 32.9 Å². The van der Waals surface area contributed by atoms with Crippen molar-refractivity contribution >= 4 is 6.09 Å². The second-order valence-electron chi connectivity index (χ2n) is 5.00. The summed E-state index contributed by atoms with van der Waals surface area (Å²) in [6.45, 7) is 5.73. The highest BCUT2D eigenvalue weighted by Crippen LogP contribution is 2.22. The van der Waals surface area contributed by atoms with Crippen LogP contribution in [0.4, 0.5) is 4.79 Å². The molecular weight excluding hydrogens is 242 g/mol. The standard InChI is InChI=1S/C15H19NO3/c1-6-11-8-7-9-12(13(11)18-5)10-16-14(17)19-15(2,3)4/h1,7-9H,10H2,2-5H3,(H,16,17). The van der Waals surface area contributed by atoms with E-state index in [-0.39, 0.29) is 0 Å². The van der Waals surface area contributed by atoms with Crippen molar-refractivity contribution in [2.45, 2.75) is 32.9 Å². The molecule has 0 aliphatic rings. The van der Waals surface area contributed by atoms with Crippen LogP contribution >= 0.6 is 0 Å². The Labute approximate surface area is 114 Å². The van der Waals surface area contributed by atoms with E-state index in [1.54, 1.807) is 13.2 Å². The van der Waals surface area contributed by atoms with E-state index in [0.717, 1.165) is 5.56 Å². The fraction of sp³-hybridized carbons (Fsp3) is 0.400. The largest absolute Gasteiger partial charge is 0.495 e. The maximum absolute atomic E-state index is 11.6. The topological polar surface area (TPSA) is 47.6 Å². The lowest BCUT2D eigenvalue weighted by Gasteiger charge is -2.20. The van der Waals surface area contributed by atoms with E-state index in [4.69, 9.17) is 15.9 Å². The molecule has 4 heteroatoms. The molecule has 0 atom stereocenters. The summed E-state index contributed by atoms with van der Waals surface area (Å²) in [7, 11) is 1.55. The lowest BCUT2D eigenvalue weighted by atomic mass is 10.1. The van der Waals surface area contributed by atoms with Gasteiger partial charge in [0.25, 0.3) is 0 Å². The van der Waals surface area contributed by atoms with Crippen molar-refractivity contribution in [3.8, 4) is 18.1 Å². The van der Waals surface area contributed by atoms with Crippen molar-refractivity contribution in [3.63, 3.8) is 0 Å². The van der Waals surface area contributed by atoms with Gasteiger partial charge in [-0.2, -0.15) is 0 Å². The van der Waals surface area contributed by atoms with Crippen molar-refractivity contribution in [2.24, 2.45) is 0 Å². The minimum Gasteiger partial charge on any atom is -0.495 e. The second kappa shape index (κ2) is 6.14. The fourth-order valence-corrected chi connectivity index (χ4v) is 1.56. The van der Waals surface area contributed by atoms with Crippen molar-refractivity contribution in [2.75, 3.05) is 7.11 Å². The van der Waals surface area contributed by atoms with Crippen LogP contribution in [0.15, 0.2) is 18.2 Å². The zero-order valence-corrected chi connectivity index (χ0v) is 11.7. The predicted molar refractivity (Wildman–Crippen MR) is 74.0 cm³/mol. The summed E-state index contributed by atoms with van der Waals surface area (Å²) < 4.78 is 10.4. The first kappa shape index (κ1) is 14.9. The van der Waals surface area contributed by atoms with Crippen molar-refractivity contribution < 1.29 is 14.3 Å². The van der Waals surface area contributed by atoms with Gasteiger partial charge in [-0.3, -0.25) is 0 Å². The third kappa shape index (κ3) is 4.55. The van der Waals surface area contributed by atoms with E-state index in [0.29, 0.717) is 17.9 Å². The Kier molecular flexibility index (Phi) is 4.82. The quantitative estimate of drug-likeness (QED) is 0.851. The van der Waals surface area contributed by atoms with Gasteiger partial charge in [0.05, 0.1) is 12.7 Å². The molecule has 0 saturated carbocycles. The molecule has 0 aromatic heterocycles. The lowest BCUT2D eigenvalue weighted by molar-refractivity contribution is 0.0523. The normalized spacial score (nSPS) is 10.5. The first-order valence-corrected chi connectivity index (χ1v) is 5.96. The Hall–Kier alpha value is -2.15. The molecule has 1 N–H and O–H groups in total. The number of benzene rings is 1. The van der Waals surface area contributed by atoms with Gasteiger partial charge in [0, 0.05) is 12.1 Å². The SMILES string of the molecule is C#Cc1cccc(CNC(=O)OC(C)(C)C)c1OC. The van der Waals surface area contributed by atoms with Crippen LogP contribution in [0.2, 0.25) is 0 Å². The smallest absolute Gasteiger partial charge is 0.407 e. The van der Waals surface area contributed by atoms with Crippen LogP contribution in [0.5, 0.6) is 5.75 Å². The van der Waals surface area contributed by atoms with Gasteiger partial charge in [-0.1, -0.05) is 18.1 Å². The minimum atomic E-state index is -0.519. The molecule has 0 aliphatic carbocycles. The van der Waals surface area contributed by atoms with Crippen molar-refractivity contribution in [1.82, 2.24) is 5.32 Å². The number of ether oxygens (including phenoxy) is 2. The number of carbonyl (C=O) groups excluding carboxylic acids is 1. The van der Waals surface area contributed by atoms with Gasteiger partial charge in [0.2, 0.25) is 0 Å². The molecule has 0 fully saturated rings. The average molecular weight is 261 g/mol. The molecule has 0 saturated heterocycles. The molecule has 1 aromatic rings. The summed E-state index contributed by atoms with van der Waals surface area (Å²) in [6.07, 6.45) is 4.92. The lowest BCUT2D eigenvalue weighted by Crippen LogP contribution is -2.32. The Bertz CT molecular complexity index is 495. The fourth-order valence-electron chi connectivity index (χ4n) is 1.56. The third-order valence-corrected chi connectivity index (χ3v) is 2.28. The molecule has 0 aliphatic heterocycles. The number of alkyl carbamates (subject to hydrolysis) is 1. The Morgan fingerprint density at radius 1 is 1.42 bits per heavy atom. The number of amides is 1. The molecule has 1 rings (SSSR count). The predicted octanol–water partition coefficient (Wildman–Crippen LogP) is 2.70. The van der Waals surface area contributed by atoms with Gasteiger partial charge in [-0.15, -0.1) is 6.42 Å². The summed E-state index contributed by atoms with van der Waals surface area (Å²) in [6, 6.07) is 5.46. The highest BCUT2D eigenvalue weighted by atomic mass is 16.6. The highest BCUT2D eigenvalue weighted by Gasteiger charge is 2.16. The molecule has 0 radical (unpaired) electrons. The molecular formula is C15H19NO3. The van der Waals surface area contributed by atoms with Crippen LogP contribution in [-0.4, -0.2) is 18.8 Å². The Morgan fingerprint density at radius 3 is 2.63 bits per heavy atom. The first-order valence-electron chi connectivity index (χ1n) is 5.96. The molecule has 0 bridgehead atoms. The monoisotopic (exact) mass is 261 g/mol. The van der Waals surface area contributed by atoms with Gasteiger partial charge in [0.15, 0.2) is 0 Å². The number of methoxy groups -OCH3 is 1. The van der Waals surface area contributed by atoms with E-state index in [9.17, 15) is 4.79 Å². The average Bonchev–Trinajstić information content (AvgIpc) is 2.33. The molecule has 0 heterocycles. The van der Waals surface area contributed by atoms with Crippen LogP contribution in [-0.2, 0) is 11.3 Å². The van der Waals surface area contributed by atoms with Gasteiger partial charge in [-0.25, -0.2) is 4.79 Å². The molecule has 4 nitrogen and oxygen atoms in total. The van der Waals surface area contributed by atoms with Crippen LogP contribution in [0.3, 0.4) is 0 Å². The van der Waals surface area contributed by atoms with Crippen LogP contribution in [0.25, 0.3) is 0 Å². The number of rotatable bonds is 3. The number of terminal acetylenes is 1. The van der Waals surface area contributed by atoms with E-state index < -0.39 is 11.7 Å². The molecule has 19 heavy (non-hydrogen) atoms. The van der Waals surface area contributed by atoms with Crippen LogP contribution in [0, 0.1) is 12.3 Å². The molecule has 0 unspecified atom stereocenters. The minimum absolute atomic E-state index is 0.299. The van der Waals surface area contributed by atoms with Crippen LogP contribution < -0.4 is 10.1 Å². The van der Waals surface area contributed by atoms with Gasteiger partial charge < -0.3 is 14.8 Å². The number of hydrogen-bond donors (Lipinski definition) is 1. The van der Waals surface area contributed by atoms with Gasteiger partial charge >= 0.3 is 6.09 Å². The maximum Gasteiger partial charge on any atom is 0.407 e. The molecule has 1 amide bonds. The number of para-hydroxylation sites is 1. The zero-order valence-electron chi connectivity index (χ0n) is 11.7. The first-order chi connectivity index (χ1) is 8.87. The number of nitrogens with one attached hydrogen (secondary N) is 1.